The number of esters is 1. The van der Waals surface area contributed by atoms with Gasteiger partial charge in [0.2, 0.25) is 0 Å². The van der Waals surface area contributed by atoms with Gasteiger partial charge in [0.05, 0.1) is 6.61 Å². The van der Waals surface area contributed by atoms with Crippen LogP contribution in [-0.2, 0) is 19.1 Å². The molecule has 0 aromatic rings. The van der Waals surface area contributed by atoms with Crippen LogP contribution in [0.2, 0.25) is 0 Å². The molecule has 0 saturated heterocycles. The molecular weight excluding hydrogens is 236 g/mol. The Morgan fingerprint density at radius 3 is 2.00 bits per heavy atom. The first-order valence-electron chi connectivity index (χ1n) is 6.53. The third-order valence-corrected chi connectivity index (χ3v) is 2.57. The summed E-state index contributed by atoms with van der Waals surface area (Å²) < 4.78 is 9.70. The lowest BCUT2D eigenvalue weighted by molar-refractivity contribution is -0.145. The summed E-state index contributed by atoms with van der Waals surface area (Å²) >= 11 is 0. The van der Waals surface area contributed by atoms with Gasteiger partial charge in [0.1, 0.15) is 6.61 Å². The highest BCUT2D eigenvalue weighted by molar-refractivity contribution is 5.69. The van der Waals surface area contributed by atoms with Crippen LogP contribution >= 0.6 is 0 Å². The highest BCUT2D eigenvalue weighted by Crippen LogP contribution is 2.09. The Morgan fingerprint density at radius 2 is 1.44 bits per heavy atom. The average molecular weight is 260 g/mol. The molecule has 0 spiro atoms. The van der Waals surface area contributed by atoms with Crippen molar-refractivity contribution >= 4 is 11.9 Å². The summed E-state index contributed by atoms with van der Waals surface area (Å²) in [5, 5.41) is 8.44. The summed E-state index contributed by atoms with van der Waals surface area (Å²) in [6.07, 6.45) is 6.32. The SMILES string of the molecule is COCCOC(=O)CCCCCCCCC(=O)O. The number of carboxylic acids is 1. The third kappa shape index (κ3) is 13.0. The normalized spacial score (nSPS) is 10.3. The van der Waals surface area contributed by atoms with Gasteiger partial charge in [0.25, 0.3) is 0 Å². The lowest BCUT2D eigenvalue weighted by atomic mass is 10.1. The molecule has 0 aromatic heterocycles. The maximum absolute atomic E-state index is 11.2. The minimum atomic E-state index is -0.728. The molecular formula is C13H24O5. The Hall–Kier alpha value is -1.10. The Balaban J connectivity index is 3.15. The molecule has 5 heteroatoms. The third-order valence-electron chi connectivity index (χ3n) is 2.57. The van der Waals surface area contributed by atoms with Crippen LogP contribution < -0.4 is 0 Å². The van der Waals surface area contributed by atoms with E-state index in [2.05, 4.69) is 0 Å². The van der Waals surface area contributed by atoms with E-state index in [1.54, 1.807) is 7.11 Å². The number of hydrogen-bond acceptors (Lipinski definition) is 4. The summed E-state index contributed by atoms with van der Waals surface area (Å²) in [4.78, 5) is 21.4. The summed E-state index contributed by atoms with van der Waals surface area (Å²) in [6, 6.07) is 0. The monoisotopic (exact) mass is 260 g/mol. The highest BCUT2D eigenvalue weighted by Gasteiger charge is 2.02. The molecule has 1 N–H and O–H groups in total. The zero-order valence-corrected chi connectivity index (χ0v) is 11.2. The van der Waals surface area contributed by atoms with Gasteiger partial charge in [-0.15, -0.1) is 0 Å². The molecule has 18 heavy (non-hydrogen) atoms. The van der Waals surface area contributed by atoms with E-state index in [1.165, 1.54) is 0 Å². The first-order chi connectivity index (χ1) is 8.66. The predicted molar refractivity (Wildman–Crippen MR) is 67.4 cm³/mol. The smallest absolute Gasteiger partial charge is 0.305 e. The second-order valence-electron chi connectivity index (χ2n) is 4.23. The lowest BCUT2D eigenvalue weighted by Gasteiger charge is -2.04. The fourth-order valence-electron chi connectivity index (χ4n) is 1.56. The fraction of sp³-hybridized carbons (Fsp3) is 0.846. The number of unbranched alkanes of at least 4 members (excludes halogenated alkanes) is 5. The van der Waals surface area contributed by atoms with Crippen LogP contribution in [0.5, 0.6) is 0 Å². The van der Waals surface area contributed by atoms with Gasteiger partial charge in [-0.25, -0.2) is 0 Å². The van der Waals surface area contributed by atoms with Crippen molar-refractivity contribution in [3.63, 3.8) is 0 Å². The van der Waals surface area contributed by atoms with E-state index >= 15 is 0 Å². The molecule has 5 nitrogen and oxygen atoms in total. The first-order valence-corrected chi connectivity index (χ1v) is 6.53. The lowest BCUT2D eigenvalue weighted by Crippen LogP contribution is -2.09. The van der Waals surface area contributed by atoms with Gasteiger partial charge in [-0.3, -0.25) is 9.59 Å². The molecule has 106 valence electrons. The maximum atomic E-state index is 11.2. The molecule has 0 amide bonds. The quantitative estimate of drug-likeness (QED) is 0.431. The molecule has 0 fully saturated rings. The maximum Gasteiger partial charge on any atom is 0.305 e. The minimum Gasteiger partial charge on any atom is -0.481 e. The van der Waals surface area contributed by atoms with Crippen molar-refractivity contribution in [1.29, 1.82) is 0 Å². The number of aliphatic carboxylic acids is 1. The van der Waals surface area contributed by atoms with E-state index in [9.17, 15) is 9.59 Å². The van der Waals surface area contributed by atoms with Gasteiger partial charge in [-0.1, -0.05) is 25.7 Å². The van der Waals surface area contributed by atoms with Crippen LogP contribution in [0.25, 0.3) is 0 Å². The number of carbonyl (C=O) groups is 2. The molecule has 0 radical (unpaired) electrons. The van der Waals surface area contributed by atoms with E-state index in [0.29, 0.717) is 19.6 Å². The first kappa shape index (κ1) is 16.9. The van der Waals surface area contributed by atoms with Crippen LogP contribution in [0.4, 0.5) is 0 Å². The van der Waals surface area contributed by atoms with Gasteiger partial charge < -0.3 is 14.6 Å². The number of hydrogen-bond donors (Lipinski definition) is 1. The van der Waals surface area contributed by atoms with Gasteiger partial charge in [0, 0.05) is 20.0 Å². The standard InChI is InChI=1S/C13H24O5/c1-17-10-11-18-13(16)9-7-5-3-2-4-6-8-12(14)15/h2-11H2,1H3,(H,14,15). The number of ether oxygens (including phenoxy) is 2. The van der Waals surface area contributed by atoms with Gasteiger partial charge >= 0.3 is 11.9 Å². The van der Waals surface area contributed by atoms with Crippen molar-refractivity contribution in [2.45, 2.75) is 51.4 Å². The highest BCUT2D eigenvalue weighted by atomic mass is 16.6. The van der Waals surface area contributed by atoms with Crippen LogP contribution in [-0.4, -0.2) is 37.4 Å². The van der Waals surface area contributed by atoms with Gasteiger partial charge in [-0.2, -0.15) is 0 Å². The molecule has 0 aromatic carbocycles. The zero-order chi connectivity index (χ0) is 13.6. The summed E-state index contributed by atoms with van der Waals surface area (Å²) in [6.45, 7) is 0.764. The Labute approximate surface area is 108 Å². The summed E-state index contributed by atoms with van der Waals surface area (Å²) in [7, 11) is 1.57. The van der Waals surface area contributed by atoms with E-state index in [-0.39, 0.29) is 12.4 Å². The molecule has 0 atom stereocenters. The van der Waals surface area contributed by atoms with Crippen LogP contribution in [0.3, 0.4) is 0 Å². The molecule has 0 unspecified atom stereocenters. The average Bonchev–Trinajstić information content (AvgIpc) is 2.32. The van der Waals surface area contributed by atoms with E-state index in [4.69, 9.17) is 14.6 Å². The second-order valence-corrected chi connectivity index (χ2v) is 4.23. The van der Waals surface area contributed by atoms with E-state index < -0.39 is 5.97 Å². The van der Waals surface area contributed by atoms with Crippen molar-refractivity contribution in [2.75, 3.05) is 20.3 Å². The number of methoxy groups -OCH3 is 1. The Morgan fingerprint density at radius 1 is 0.889 bits per heavy atom. The molecule has 0 aliphatic carbocycles. The molecule has 0 rings (SSSR count). The largest absolute Gasteiger partial charge is 0.481 e. The molecule has 0 heterocycles. The fourth-order valence-corrected chi connectivity index (χ4v) is 1.56. The Kier molecular flexibility index (Phi) is 11.6. The zero-order valence-electron chi connectivity index (χ0n) is 11.2. The molecule has 0 aliphatic rings. The number of carbonyl (C=O) groups excluding carboxylic acids is 1. The number of carboxylic acid groups (broad SMARTS) is 1. The topological polar surface area (TPSA) is 72.8 Å². The second kappa shape index (κ2) is 12.4. The molecule has 0 aliphatic heterocycles. The van der Waals surface area contributed by atoms with Crippen molar-refractivity contribution in [3.8, 4) is 0 Å². The van der Waals surface area contributed by atoms with Crippen LogP contribution in [0.1, 0.15) is 51.4 Å². The summed E-state index contributed by atoms with van der Waals surface area (Å²) in [5.41, 5.74) is 0. The Bertz CT molecular complexity index is 227. The van der Waals surface area contributed by atoms with Crippen molar-refractivity contribution in [1.82, 2.24) is 0 Å². The van der Waals surface area contributed by atoms with Crippen molar-refractivity contribution in [3.05, 3.63) is 0 Å². The van der Waals surface area contributed by atoms with Gasteiger partial charge in [-0.05, 0) is 12.8 Å². The minimum absolute atomic E-state index is 0.169. The van der Waals surface area contributed by atoms with Crippen LogP contribution in [0, 0.1) is 0 Å². The van der Waals surface area contributed by atoms with Crippen LogP contribution in [0.15, 0.2) is 0 Å². The van der Waals surface area contributed by atoms with E-state index in [1.807, 2.05) is 0 Å². The van der Waals surface area contributed by atoms with Gasteiger partial charge in [0.15, 0.2) is 0 Å². The van der Waals surface area contributed by atoms with Crippen molar-refractivity contribution < 1.29 is 24.2 Å². The van der Waals surface area contributed by atoms with E-state index in [0.717, 1.165) is 38.5 Å². The molecule has 0 bridgehead atoms. The van der Waals surface area contributed by atoms with Crippen molar-refractivity contribution in [2.24, 2.45) is 0 Å². The number of rotatable bonds is 12. The summed E-state index contributed by atoms with van der Waals surface area (Å²) in [5.74, 6) is -0.897. The molecule has 0 saturated carbocycles. The predicted octanol–water partition coefficient (Wildman–Crippen LogP) is 2.38.